The Labute approximate surface area is 227 Å². The van der Waals surface area contributed by atoms with Crippen LogP contribution in [0.25, 0.3) is 20.8 Å². The Hall–Kier alpha value is -3.30. The van der Waals surface area contributed by atoms with Gasteiger partial charge >= 0.3 is 0 Å². The third kappa shape index (κ3) is 6.57. The molecule has 2 N–H and O–H groups in total. The first-order chi connectivity index (χ1) is 18.4. The fourth-order valence-corrected chi connectivity index (χ4v) is 5.72. The number of thiazole rings is 1. The maximum atomic E-state index is 12.6. The molecule has 0 radical (unpaired) electrons. The second-order valence-electron chi connectivity index (χ2n) is 9.87. The summed E-state index contributed by atoms with van der Waals surface area (Å²) in [4.78, 5) is 21.7. The number of hydrogen-bond acceptors (Lipinski definition) is 7. The second kappa shape index (κ2) is 12.0. The van der Waals surface area contributed by atoms with Gasteiger partial charge in [0.25, 0.3) is 0 Å². The van der Waals surface area contributed by atoms with Crippen molar-refractivity contribution in [1.29, 1.82) is 0 Å². The molecule has 1 saturated heterocycles. The molecule has 1 atom stereocenters. The summed E-state index contributed by atoms with van der Waals surface area (Å²) < 4.78 is 7.02. The van der Waals surface area contributed by atoms with Crippen LogP contribution in [-0.2, 0) is 4.79 Å². The van der Waals surface area contributed by atoms with Crippen LogP contribution in [0.3, 0.4) is 0 Å². The van der Waals surface area contributed by atoms with Gasteiger partial charge in [0.1, 0.15) is 23.5 Å². The number of rotatable bonds is 9. The Bertz CT molecular complexity index is 1360. The molecule has 5 rings (SSSR count). The summed E-state index contributed by atoms with van der Waals surface area (Å²) in [6, 6.07) is 22.1. The van der Waals surface area contributed by atoms with Gasteiger partial charge in [0.15, 0.2) is 0 Å². The second-order valence-corrected chi connectivity index (χ2v) is 10.9. The van der Waals surface area contributed by atoms with Gasteiger partial charge in [-0.1, -0.05) is 48.5 Å². The van der Waals surface area contributed by atoms with Gasteiger partial charge in [0, 0.05) is 50.0 Å². The van der Waals surface area contributed by atoms with Gasteiger partial charge in [-0.3, -0.25) is 14.6 Å². The predicted octanol–water partition coefficient (Wildman–Crippen LogP) is 4.58. The van der Waals surface area contributed by atoms with Gasteiger partial charge in [-0.25, -0.2) is 4.98 Å². The molecule has 8 heteroatoms. The Kier molecular flexibility index (Phi) is 8.34. The lowest BCUT2D eigenvalue weighted by atomic mass is 10.1. The first kappa shape index (κ1) is 26.3. The van der Waals surface area contributed by atoms with Crippen LogP contribution in [0, 0.1) is 13.8 Å². The SMILES string of the molecule is Cc1cccc(C)c1NC(=O)CN1CCN(CC(O)COc2ccc3sc(-c4ccccc4)nc3c2)CC1. The molecule has 0 spiro atoms. The van der Waals surface area contributed by atoms with Crippen molar-refractivity contribution < 1.29 is 14.6 Å². The number of fused-ring (bicyclic) bond motifs is 1. The van der Waals surface area contributed by atoms with Gasteiger partial charge in [0.2, 0.25) is 5.91 Å². The van der Waals surface area contributed by atoms with Crippen LogP contribution in [-0.4, -0.2) is 77.8 Å². The quantitative estimate of drug-likeness (QED) is 0.330. The van der Waals surface area contributed by atoms with E-state index in [1.165, 1.54) is 0 Å². The number of anilines is 1. The summed E-state index contributed by atoms with van der Waals surface area (Å²) >= 11 is 1.66. The number of aliphatic hydroxyl groups is 1. The molecule has 7 nitrogen and oxygen atoms in total. The third-order valence-corrected chi connectivity index (χ3v) is 7.95. The number of amides is 1. The average Bonchev–Trinajstić information content (AvgIpc) is 3.35. The Morgan fingerprint density at radius 3 is 2.45 bits per heavy atom. The van der Waals surface area contributed by atoms with Crippen LogP contribution in [0.4, 0.5) is 5.69 Å². The lowest BCUT2D eigenvalue weighted by Crippen LogP contribution is -2.50. The van der Waals surface area contributed by atoms with Crippen LogP contribution < -0.4 is 10.1 Å². The fourth-order valence-electron chi connectivity index (χ4n) is 4.77. The normalized spacial score (nSPS) is 15.4. The Morgan fingerprint density at radius 1 is 1.00 bits per heavy atom. The number of hydrogen-bond donors (Lipinski definition) is 2. The van der Waals surface area contributed by atoms with Crippen molar-refractivity contribution in [2.75, 3.05) is 51.2 Å². The average molecular weight is 531 g/mol. The topological polar surface area (TPSA) is 77.9 Å². The number of aliphatic hydroxyl groups excluding tert-OH is 1. The first-order valence-corrected chi connectivity index (χ1v) is 13.8. The van der Waals surface area contributed by atoms with Crippen molar-refractivity contribution in [1.82, 2.24) is 14.8 Å². The highest BCUT2D eigenvalue weighted by molar-refractivity contribution is 7.21. The Balaban J connectivity index is 1.06. The van der Waals surface area contributed by atoms with Crippen molar-refractivity contribution in [2.45, 2.75) is 20.0 Å². The zero-order chi connectivity index (χ0) is 26.5. The zero-order valence-electron chi connectivity index (χ0n) is 21.9. The number of piperazine rings is 1. The minimum absolute atomic E-state index is 0.0113. The molecule has 1 unspecified atom stereocenters. The summed E-state index contributed by atoms with van der Waals surface area (Å²) in [5, 5.41) is 14.7. The number of carbonyl (C=O) groups is 1. The number of benzene rings is 3. The molecule has 1 aliphatic rings. The molecule has 1 aromatic heterocycles. The van der Waals surface area contributed by atoms with E-state index < -0.39 is 6.10 Å². The molecule has 0 saturated carbocycles. The largest absolute Gasteiger partial charge is 0.491 e. The monoisotopic (exact) mass is 530 g/mol. The molecule has 1 amide bonds. The summed E-state index contributed by atoms with van der Waals surface area (Å²) in [6.45, 7) is 8.35. The molecule has 1 aliphatic heterocycles. The van der Waals surface area contributed by atoms with Gasteiger partial charge < -0.3 is 15.2 Å². The van der Waals surface area contributed by atoms with Crippen LogP contribution in [0.5, 0.6) is 5.75 Å². The molecular weight excluding hydrogens is 496 g/mol. The molecule has 4 aromatic rings. The first-order valence-electron chi connectivity index (χ1n) is 13.0. The van der Waals surface area contributed by atoms with Gasteiger partial charge in [-0.05, 0) is 37.1 Å². The van der Waals surface area contributed by atoms with Crippen LogP contribution >= 0.6 is 11.3 Å². The lowest BCUT2D eigenvalue weighted by Gasteiger charge is -2.35. The molecule has 38 heavy (non-hydrogen) atoms. The number of nitrogens with one attached hydrogen (secondary N) is 1. The van der Waals surface area contributed by atoms with E-state index in [1.807, 2.05) is 68.4 Å². The molecule has 0 aliphatic carbocycles. The van der Waals surface area contributed by atoms with E-state index in [2.05, 4.69) is 27.2 Å². The standard InChI is InChI=1S/C30H34N4O3S/c1-21-7-6-8-22(2)29(21)32-28(36)19-34-15-13-33(14-16-34)18-24(35)20-37-25-11-12-27-26(17-25)31-30(38-27)23-9-4-3-5-10-23/h3-12,17,24,35H,13-16,18-20H2,1-2H3,(H,32,36). The minimum atomic E-state index is -0.597. The van der Waals surface area contributed by atoms with Crippen molar-refractivity contribution in [3.05, 3.63) is 77.9 Å². The maximum Gasteiger partial charge on any atom is 0.238 e. The van der Waals surface area contributed by atoms with Crippen LogP contribution in [0.1, 0.15) is 11.1 Å². The summed E-state index contributed by atoms with van der Waals surface area (Å²) in [5.74, 6) is 0.721. The molecule has 198 valence electrons. The number of β-amino-alcohol motifs (C(OH)–C–C–N with tert-alkyl or cyclic N) is 1. The van der Waals surface area contributed by atoms with Gasteiger partial charge in [-0.15, -0.1) is 11.3 Å². The molecule has 1 fully saturated rings. The lowest BCUT2D eigenvalue weighted by molar-refractivity contribution is -0.117. The zero-order valence-corrected chi connectivity index (χ0v) is 22.7. The van der Waals surface area contributed by atoms with E-state index in [0.29, 0.717) is 18.8 Å². The minimum Gasteiger partial charge on any atom is -0.491 e. The Morgan fingerprint density at radius 2 is 1.71 bits per heavy atom. The van der Waals surface area contributed by atoms with Gasteiger partial charge in [-0.2, -0.15) is 0 Å². The van der Waals surface area contributed by atoms with Crippen molar-refractivity contribution >= 4 is 33.1 Å². The number of ether oxygens (including phenoxy) is 1. The molecule has 2 heterocycles. The fraction of sp³-hybridized carbons (Fsp3) is 0.333. The number of aromatic nitrogens is 1. The number of aryl methyl sites for hydroxylation is 2. The maximum absolute atomic E-state index is 12.6. The smallest absolute Gasteiger partial charge is 0.238 e. The van der Waals surface area contributed by atoms with Gasteiger partial charge in [0.05, 0.1) is 16.8 Å². The van der Waals surface area contributed by atoms with E-state index >= 15 is 0 Å². The number of carbonyl (C=O) groups excluding carboxylic acids is 1. The summed E-state index contributed by atoms with van der Waals surface area (Å²) in [7, 11) is 0. The summed E-state index contributed by atoms with van der Waals surface area (Å²) in [5.41, 5.74) is 5.06. The summed E-state index contributed by atoms with van der Waals surface area (Å²) in [6.07, 6.45) is -0.597. The molecule has 3 aromatic carbocycles. The van der Waals surface area contributed by atoms with Crippen molar-refractivity contribution in [3.8, 4) is 16.3 Å². The van der Waals surface area contributed by atoms with E-state index in [1.54, 1.807) is 11.3 Å². The van der Waals surface area contributed by atoms with E-state index in [9.17, 15) is 9.90 Å². The number of nitrogens with zero attached hydrogens (tertiary/aromatic N) is 3. The van der Waals surface area contributed by atoms with Crippen LogP contribution in [0.2, 0.25) is 0 Å². The van der Waals surface area contributed by atoms with Crippen molar-refractivity contribution in [2.24, 2.45) is 0 Å². The van der Waals surface area contributed by atoms with E-state index in [0.717, 1.165) is 63.8 Å². The van der Waals surface area contributed by atoms with Crippen LogP contribution in [0.15, 0.2) is 66.7 Å². The van der Waals surface area contributed by atoms with Crippen molar-refractivity contribution in [3.63, 3.8) is 0 Å². The highest BCUT2D eigenvalue weighted by Crippen LogP contribution is 2.32. The molecule has 0 bridgehead atoms. The predicted molar refractivity (Wildman–Crippen MR) is 154 cm³/mol. The highest BCUT2D eigenvalue weighted by Gasteiger charge is 2.21. The number of para-hydroxylation sites is 1. The van der Waals surface area contributed by atoms with E-state index in [-0.39, 0.29) is 12.5 Å². The van der Waals surface area contributed by atoms with E-state index in [4.69, 9.17) is 9.72 Å². The third-order valence-electron chi connectivity index (χ3n) is 6.87. The highest BCUT2D eigenvalue weighted by atomic mass is 32.1. The molecular formula is C30H34N4O3S.